The van der Waals surface area contributed by atoms with Gasteiger partial charge in [-0.25, -0.2) is 4.98 Å². The van der Waals surface area contributed by atoms with Gasteiger partial charge in [-0.2, -0.15) is 0 Å². The van der Waals surface area contributed by atoms with Crippen molar-refractivity contribution >= 4 is 45.6 Å². The van der Waals surface area contributed by atoms with Gasteiger partial charge in [0.1, 0.15) is 12.2 Å². The van der Waals surface area contributed by atoms with Gasteiger partial charge < -0.3 is 10.2 Å². The smallest absolute Gasteiger partial charge is 0.275 e. The van der Waals surface area contributed by atoms with Crippen LogP contribution in [0, 0.1) is 13.8 Å². The van der Waals surface area contributed by atoms with Crippen LogP contribution in [-0.4, -0.2) is 36.4 Å². The molecule has 1 aliphatic carbocycles. The van der Waals surface area contributed by atoms with Crippen LogP contribution in [0.1, 0.15) is 36.6 Å². The highest BCUT2D eigenvalue weighted by molar-refractivity contribution is 7.14. The van der Waals surface area contributed by atoms with E-state index in [1.54, 1.807) is 4.90 Å². The summed E-state index contributed by atoms with van der Waals surface area (Å²) < 4.78 is 0. The predicted octanol–water partition coefficient (Wildman–Crippen LogP) is 2.39. The van der Waals surface area contributed by atoms with Crippen molar-refractivity contribution in [1.29, 1.82) is 0 Å². The number of likely N-dealkylation sites (N-methyl/N-ethyl adjacent to an activating group) is 1. The maximum atomic E-state index is 12.4. The van der Waals surface area contributed by atoms with Gasteiger partial charge in [0.05, 0.1) is 17.8 Å². The van der Waals surface area contributed by atoms with Crippen LogP contribution in [0.25, 0.3) is 0 Å². The number of nitrogens with one attached hydrogen (secondary N) is 2. The fraction of sp³-hybridized carbons (Fsp3) is 0.450. The third kappa shape index (κ3) is 5.10. The lowest BCUT2D eigenvalue weighted by Gasteiger charge is -2.22. The Kier molecular flexibility index (Phi) is 6.37. The lowest BCUT2D eigenvalue weighted by atomic mass is 10.1. The van der Waals surface area contributed by atoms with Gasteiger partial charge in [0.2, 0.25) is 5.91 Å². The Morgan fingerprint density at radius 1 is 1.36 bits per heavy atom. The molecule has 0 saturated heterocycles. The molecule has 0 aliphatic heterocycles. The molecule has 0 radical (unpaired) electrons. The molecule has 6 nitrogen and oxygen atoms in total. The molecule has 1 aromatic heterocycles. The van der Waals surface area contributed by atoms with E-state index in [0.29, 0.717) is 35.0 Å². The number of nitrogens with zero attached hydrogens (tertiary/aromatic N) is 2. The summed E-state index contributed by atoms with van der Waals surface area (Å²) in [5.74, 6) is -0.0675. The van der Waals surface area contributed by atoms with Crippen molar-refractivity contribution in [3.63, 3.8) is 0 Å². The first-order valence-electron chi connectivity index (χ1n) is 9.37. The van der Waals surface area contributed by atoms with Crippen LogP contribution in [0.15, 0.2) is 17.5 Å². The van der Waals surface area contributed by atoms with Crippen molar-refractivity contribution in [3.8, 4) is 0 Å². The second kappa shape index (κ2) is 8.59. The van der Waals surface area contributed by atoms with Gasteiger partial charge in [0, 0.05) is 18.3 Å². The number of thiazole rings is 1. The fourth-order valence-electron chi connectivity index (χ4n) is 3.21. The van der Waals surface area contributed by atoms with E-state index < -0.39 is 0 Å². The molecule has 2 amide bonds. The zero-order chi connectivity index (χ0) is 20.4. The molecule has 3 rings (SSSR count). The highest BCUT2D eigenvalue weighted by Crippen LogP contribution is 2.37. The summed E-state index contributed by atoms with van der Waals surface area (Å²) in [6.45, 7) is 6.44. The Bertz CT molecular complexity index is 871. The van der Waals surface area contributed by atoms with Crippen molar-refractivity contribution in [3.05, 3.63) is 39.4 Å². The fourth-order valence-corrected chi connectivity index (χ4v) is 4.49. The Hall–Kier alpha value is -1.96. The molecule has 1 unspecified atom stereocenters. The predicted molar refractivity (Wildman–Crippen MR) is 112 cm³/mol. The average molecular weight is 422 g/mol. The lowest BCUT2D eigenvalue weighted by molar-refractivity contribution is -0.885. The molecule has 28 heavy (non-hydrogen) atoms. The Labute approximate surface area is 174 Å². The van der Waals surface area contributed by atoms with E-state index >= 15 is 0 Å². The van der Waals surface area contributed by atoms with Gasteiger partial charge in [-0.1, -0.05) is 17.7 Å². The molecular weight excluding hydrogens is 396 g/mol. The number of benzene rings is 1. The van der Waals surface area contributed by atoms with Crippen molar-refractivity contribution < 1.29 is 14.5 Å². The van der Waals surface area contributed by atoms with E-state index in [2.05, 4.69) is 10.3 Å². The zero-order valence-electron chi connectivity index (χ0n) is 16.6. The minimum Gasteiger partial charge on any atom is -0.348 e. The van der Waals surface area contributed by atoms with Crippen LogP contribution in [0.3, 0.4) is 0 Å². The van der Waals surface area contributed by atoms with Gasteiger partial charge in [-0.05, 0) is 43.9 Å². The summed E-state index contributed by atoms with van der Waals surface area (Å²) in [4.78, 5) is 31.6. The van der Waals surface area contributed by atoms with Gasteiger partial charge in [-0.3, -0.25) is 14.5 Å². The van der Waals surface area contributed by atoms with Crippen molar-refractivity contribution in [1.82, 2.24) is 10.3 Å². The molecule has 1 aromatic carbocycles. The molecule has 0 spiro atoms. The number of aryl methyl sites for hydroxylation is 2. The van der Waals surface area contributed by atoms with Crippen molar-refractivity contribution in [2.75, 3.05) is 18.5 Å². The molecule has 1 fully saturated rings. The highest BCUT2D eigenvalue weighted by atomic mass is 35.5. The normalized spacial score (nSPS) is 14.6. The van der Waals surface area contributed by atoms with Gasteiger partial charge in [-0.15, -0.1) is 11.3 Å². The number of hydrogen-bond acceptors (Lipinski definition) is 4. The Balaban J connectivity index is 1.74. The molecular formula is C20H26ClN4O2S+. The third-order valence-electron chi connectivity index (χ3n) is 4.56. The molecule has 8 heteroatoms. The zero-order valence-corrected chi connectivity index (χ0v) is 18.2. The standard InChI is InChI=1S/C20H25ClN4O2S/c1-12-7-13(2)19(17(21)8-12)25(14(3)26)20-23-16(11-28-20)9-24(4)10-18(27)22-15-5-6-15/h7-8,11,15H,5-6,9-10H2,1-4H3,(H,22,27)/p+1. The van der Waals surface area contributed by atoms with E-state index in [1.807, 2.05) is 38.4 Å². The molecule has 150 valence electrons. The van der Waals surface area contributed by atoms with Crippen LogP contribution in [0.4, 0.5) is 10.8 Å². The number of anilines is 2. The first kappa shape index (κ1) is 20.8. The minimum atomic E-state index is -0.140. The molecule has 1 saturated carbocycles. The van der Waals surface area contributed by atoms with Crippen LogP contribution in [0.2, 0.25) is 5.02 Å². The quantitative estimate of drug-likeness (QED) is 0.721. The first-order chi connectivity index (χ1) is 13.2. The lowest BCUT2D eigenvalue weighted by Crippen LogP contribution is -3.09. The van der Waals surface area contributed by atoms with E-state index in [1.165, 1.54) is 18.3 Å². The van der Waals surface area contributed by atoms with E-state index in [-0.39, 0.29) is 11.8 Å². The summed E-state index contributed by atoms with van der Waals surface area (Å²) in [7, 11) is 1.97. The monoisotopic (exact) mass is 421 g/mol. The van der Waals surface area contributed by atoms with Crippen LogP contribution >= 0.6 is 22.9 Å². The molecule has 1 aliphatic rings. The average Bonchev–Trinajstić information content (AvgIpc) is 3.26. The largest absolute Gasteiger partial charge is 0.348 e. The SMILES string of the molecule is CC(=O)N(c1nc(C[NH+](C)CC(=O)NC2CC2)cs1)c1c(C)cc(C)cc1Cl. The topological polar surface area (TPSA) is 66.7 Å². The second-order valence-corrected chi connectivity index (χ2v) is 8.78. The van der Waals surface area contributed by atoms with Gasteiger partial charge in [0.25, 0.3) is 5.91 Å². The number of amides is 2. The number of aromatic nitrogens is 1. The molecule has 1 atom stereocenters. The first-order valence-corrected chi connectivity index (χ1v) is 10.6. The van der Waals surface area contributed by atoms with Crippen LogP contribution in [-0.2, 0) is 16.1 Å². The number of rotatable bonds is 7. The van der Waals surface area contributed by atoms with E-state index in [4.69, 9.17) is 11.6 Å². The summed E-state index contributed by atoms with van der Waals surface area (Å²) >= 11 is 7.86. The number of hydrogen-bond donors (Lipinski definition) is 2. The van der Waals surface area contributed by atoms with Gasteiger partial charge in [0.15, 0.2) is 11.7 Å². The maximum absolute atomic E-state index is 12.4. The summed E-state index contributed by atoms with van der Waals surface area (Å²) in [6.07, 6.45) is 2.17. The number of carbonyl (C=O) groups is 2. The molecule has 0 bridgehead atoms. The Morgan fingerprint density at radius 2 is 2.07 bits per heavy atom. The highest BCUT2D eigenvalue weighted by Gasteiger charge is 2.25. The van der Waals surface area contributed by atoms with E-state index in [0.717, 1.165) is 34.6 Å². The summed E-state index contributed by atoms with van der Waals surface area (Å²) in [5.41, 5.74) is 3.50. The number of carbonyl (C=O) groups excluding carboxylic acids is 2. The van der Waals surface area contributed by atoms with Crippen LogP contribution < -0.4 is 15.1 Å². The molecule has 1 heterocycles. The second-order valence-electron chi connectivity index (χ2n) is 7.54. The number of halogens is 1. The maximum Gasteiger partial charge on any atom is 0.275 e. The molecule has 2 aromatic rings. The van der Waals surface area contributed by atoms with Crippen molar-refractivity contribution in [2.24, 2.45) is 0 Å². The Morgan fingerprint density at radius 3 is 2.68 bits per heavy atom. The molecule has 2 N–H and O–H groups in total. The summed E-state index contributed by atoms with van der Waals surface area (Å²) in [6, 6.07) is 4.23. The van der Waals surface area contributed by atoms with E-state index in [9.17, 15) is 9.59 Å². The number of quaternary nitrogens is 1. The van der Waals surface area contributed by atoms with Crippen LogP contribution in [0.5, 0.6) is 0 Å². The van der Waals surface area contributed by atoms with Gasteiger partial charge >= 0.3 is 0 Å². The summed E-state index contributed by atoms with van der Waals surface area (Å²) in [5, 5.41) is 6.06. The minimum absolute atomic E-state index is 0.0721. The third-order valence-corrected chi connectivity index (χ3v) is 5.72. The van der Waals surface area contributed by atoms with Crippen molar-refractivity contribution in [2.45, 2.75) is 46.2 Å².